The topological polar surface area (TPSA) is 99.4 Å². The third kappa shape index (κ3) is 2.71. The van der Waals surface area contributed by atoms with Crippen molar-refractivity contribution < 1.29 is 29.9 Å². The summed E-state index contributed by atoms with van der Waals surface area (Å²) in [7, 11) is 0. The van der Waals surface area contributed by atoms with Gasteiger partial charge in [-0.25, -0.2) is 0 Å². The molecule has 16 heavy (non-hydrogen) atoms. The molecule has 0 radical (unpaired) electrons. The van der Waals surface area contributed by atoms with Crippen molar-refractivity contribution in [2.75, 3.05) is 19.8 Å². The van der Waals surface area contributed by atoms with E-state index < -0.39 is 30.7 Å². The van der Waals surface area contributed by atoms with Crippen LogP contribution in [0, 0.1) is 5.92 Å². The lowest BCUT2D eigenvalue weighted by Crippen LogP contribution is -2.64. The van der Waals surface area contributed by atoms with Crippen molar-refractivity contribution in [1.29, 1.82) is 0 Å². The predicted molar refractivity (Wildman–Crippen MR) is 54.6 cm³/mol. The van der Waals surface area contributed by atoms with Gasteiger partial charge in [-0.1, -0.05) is 13.8 Å². The molecule has 4 N–H and O–H groups in total. The first kappa shape index (κ1) is 13.8. The highest BCUT2D eigenvalue weighted by Gasteiger charge is 2.50. The Hall–Kier alpha value is -0.240. The molecule has 0 aromatic rings. The predicted octanol–water partition coefficient (Wildman–Crippen LogP) is -1.54. The van der Waals surface area contributed by atoms with Crippen molar-refractivity contribution in [2.24, 2.45) is 5.92 Å². The highest BCUT2D eigenvalue weighted by Crippen LogP contribution is 2.27. The molecule has 1 fully saturated rings. The van der Waals surface area contributed by atoms with Crippen LogP contribution >= 0.6 is 0 Å². The second-order valence-electron chi connectivity index (χ2n) is 4.49. The molecule has 0 aromatic heterocycles. The fraction of sp³-hybridized carbons (Fsp3) is 1.00. The maximum atomic E-state index is 9.75. The van der Waals surface area contributed by atoms with Gasteiger partial charge in [0.05, 0.1) is 13.2 Å². The van der Waals surface area contributed by atoms with Crippen molar-refractivity contribution in [2.45, 2.75) is 37.9 Å². The maximum absolute atomic E-state index is 9.75. The quantitative estimate of drug-likeness (QED) is 0.472. The summed E-state index contributed by atoms with van der Waals surface area (Å²) in [6.07, 6.45) is -4.02. The van der Waals surface area contributed by atoms with Gasteiger partial charge in [0.1, 0.15) is 24.9 Å². The van der Waals surface area contributed by atoms with Crippen LogP contribution in [-0.4, -0.2) is 64.3 Å². The van der Waals surface area contributed by atoms with Gasteiger partial charge in [-0.3, -0.25) is 0 Å². The second kappa shape index (κ2) is 5.39. The molecule has 6 nitrogen and oxygen atoms in total. The number of aliphatic hydroxyl groups is 4. The van der Waals surface area contributed by atoms with Crippen molar-refractivity contribution in [3.8, 4) is 0 Å². The number of ether oxygens (including phenoxy) is 2. The molecular formula is C10H20O6. The Balaban J connectivity index is 2.70. The van der Waals surface area contributed by atoms with Crippen LogP contribution < -0.4 is 0 Å². The minimum absolute atomic E-state index is 0.184. The zero-order chi connectivity index (χ0) is 12.3. The van der Waals surface area contributed by atoms with Crippen molar-refractivity contribution >= 4 is 0 Å². The summed E-state index contributed by atoms with van der Waals surface area (Å²) in [5, 5.41) is 37.8. The fourth-order valence-electron chi connectivity index (χ4n) is 1.50. The fourth-order valence-corrected chi connectivity index (χ4v) is 1.50. The van der Waals surface area contributed by atoms with Crippen molar-refractivity contribution in [1.82, 2.24) is 0 Å². The summed E-state index contributed by atoms with van der Waals surface area (Å²) in [4.78, 5) is 0. The SMILES string of the molecule is CC(C)CO[C@]1(CO)OC[C@@H](O)[C@@H](O)[C@@H]1O. The van der Waals surface area contributed by atoms with E-state index in [2.05, 4.69) is 0 Å². The van der Waals surface area contributed by atoms with Gasteiger partial charge in [0, 0.05) is 0 Å². The minimum atomic E-state index is -1.64. The van der Waals surface area contributed by atoms with Crippen LogP contribution in [0.4, 0.5) is 0 Å². The van der Waals surface area contributed by atoms with E-state index in [1.165, 1.54) is 0 Å². The Labute approximate surface area is 94.4 Å². The third-order valence-corrected chi connectivity index (χ3v) is 2.55. The van der Waals surface area contributed by atoms with Crippen molar-refractivity contribution in [3.05, 3.63) is 0 Å². The van der Waals surface area contributed by atoms with E-state index in [-0.39, 0.29) is 19.1 Å². The first-order valence-corrected chi connectivity index (χ1v) is 5.36. The summed E-state index contributed by atoms with van der Waals surface area (Å²) in [5.41, 5.74) is 0. The molecule has 96 valence electrons. The molecule has 0 unspecified atom stereocenters. The van der Waals surface area contributed by atoms with Gasteiger partial charge in [-0.05, 0) is 5.92 Å². The van der Waals surface area contributed by atoms with Gasteiger partial charge in [-0.15, -0.1) is 0 Å². The normalized spacial score (nSPS) is 40.3. The van der Waals surface area contributed by atoms with E-state index in [4.69, 9.17) is 9.47 Å². The van der Waals surface area contributed by atoms with E-state index >= 15 is 0 Å². The molecule has 4 atom stereocenters. The standard InChI is InChI=1S/C10H20O6/c1-6(2)3-15-10(5-11)9(14)8(13)7(12)4-16-10/h6-9,11-14H,3-5H2,1-2H3/t7-,8-,9+,10-/m1/s1. The van der Waals surface area contributed by atoms with Gasteiger partial charge in [0.2, 0.25) is 5.79 Å². The third-order valence-electron chi connectivity index (χ3n) is 2.55. The average Bonchev–Trinajstić information content (AvgIpc) is 2.26. The Morgan fingerprint density at radius 1 is 1.38 bits per heavy atom. The molecular weight excluding hydrogens is 216 g/mol. The lowest BCUT2D eigenvalue weighted by molar-refractivity contribution is -0.350. The maximum Gasteiger partial charge on any atom is 0.221 e. The second-order valence-corrected chi connectivity index (χ2v) is 4.49. The average molecular weight is 236 g/mol. The Bertz CT molecular complexity index is 221. The molecule has 0 spiro atoms. The van der Waals surface area contributed by atoms with E-state index in [0.29, 0.717) is 0 Å². The minimum Gasteiger partial charge on any atom is -0.391 e. The van der Waals surface area contributed by atoms with Crippen LogP contribution in [0.2, 0.25) is 0 Å². The van der Waals surface area contributed by atoms with Crippen molar-refractivity contribution in [3.63, 3.8) is 0 Å². The molecule has 0 amide bonds. The van der Waals surface area contributed by atoms with Crippen LogP contribution in [-0.2, 0) is 9.47 Å². The Morgan fingerprint density at radius 2 is 2.00 bits per heavy atom. The number of hydrogen-bond donors (Lipinski definition) is 4. The summed E-state index contributed by atoms with van der Waals surface area (Å²) in [6.45, 7) is 3.33. The monoisotopic (exact) mass is 236 g/mol. The number of rotatable bonds is 4. The van der Waals surface area contributed by atoms with Gasteiger partial charge in [0.25, 0.3) is 0 Å². The molecule has 1 heterocycles. The van der Waals surface area contributed by atoms with E-state index in [1.54, 1.807) is 0 Å². The van der Waals surface area contributed by atoms with Gasteiger partial charge < -0.3 is 29.9 Å². The Morgan fingerprint density at radius 3 is 2.50 bits per heavy atom. The largest absolute Gasteiger partial charge is 0.391 e. The summed E-state index contributed by atoms with van der Waals surface area (Å²) >= 11 is 0. The lowest BCUT2D eigenvalue weighted by Gasteiger charge is -2.43. The first-order chi connectivity index (χ1) is 7.43. The molecule has 6 heteroatoms. The molecule has 0 saturated carbocycles. The summed E-state index contributed by atoms with van der Waals surface area (Å²) in [6, 6.07) is 0. The van der Waals surface area contributed by atoms with Crippen LogP contribution in [0.1, 0.15) is 13.8 Å². The number of hydrogen-bond acceptors (Lipinski definition) is 6. The van der Waals surface area contributed by atoms with Crippen LogP contribution in [0.25, 0.3) is 0 Å². The van der Waals surface area contributed by atoms with Crippen LogP contribution in [0.3, 0.4) is 0 Å². The first-order valence-electron chi connectivity index (χ1n) is 5.36. The smallest absolute Gasteiger partial charge is 0.221 e. The molecule has 1 aliphatic heterocycles. The van der Waals surface area contributed by atoms with E-state index in [9.17, 15) is 20.4 Å². The molecule has 1 rings (SSSR count). The molecule has 1 saturated heterocycles. The summed E-state index contributed by atoms with van der Waals surface area (Å²) in [5.74, 6) is -1.44. The molecule has 0 aliphatic carbocycles. The molecule has 0 bridgehead atoms. The van der Waals surface area contributed by atoms with E-state index in [0.717, 1.165) is 0 Å². The van der Waals surface area contributed by atoms with Gasteiger partial charge in [-0.2, -0.15) is 0 Å². The molecule has 0 aromatic carbocycles. The highest BCUT2D eigenvalue weighted by atomic mass is 16.7. The summed E-state index contributed by atoms with van der Waals surface area (Å²) < 4.78 is 10.4. The van der Waals surface area contributed by atoms with Gasteiger partial charge >= 0.3 is 0 Å². The zero-order valence-electron chi connectivity index (χ0n) is 9.54. The van der Waals surface area contributed by atoms with Crippen LogP contribution in [0.5, 0.6) is 0 Å². The Kier molecular flexibility index (Phi) is 4.66. The highest BCUT2D eigenvalue weighted by molar-refractivity contribution is 4.92. The lowest BCUT2D eigenvalue weighted by atomic mass is 9.97. The van der Waals surface area contributed by atoms with Gasteiger partial charge in [0.15, 0.2) is 0 Å². The zero-order valence-corrected chi connectivity index (χ0v) is 9.54. The van der Waals surface area contributed by atoms with E-state index in [1.807, 2.05) is 13.8 Å². The number of aliphatic hydroxyl groups excluding tert-OH is 4. The molecule has 1 aliphatic rings. The van der Waals surface area contributed by atoms with Crippen LogP contribution in [0.15, 0.2) is 0 Å².